The molecular weight excluding hydrogens is 368 g/mol. The minimum absolute atomic E-state index is 0.444. The van der Waals surface area contributed by atoms with Crippen LogP contribution < -0.4 is 0 Å². The number of aliphatic hydroxyl groups excluding tert-OH is 4. The molecule has 6 N–H and O–H groups in total. The molecule has 0 amide bonds. The monoisotopic (exact) mass is 408 g/mol. The molecule has 1 aliphatic carbocycles. The van der Waals surface area contributed by atoms with Crippen LogP contribution >= 0.6 is 0 Å². The fraction of sp³-hybridized carbons (Fsp3) is 1.00. The first-order chi connectivity index (χ1) is 11.1. The quantitative estimate of drug-likeness (QED) is 0.379. The van der Waals surface area contributed by atoms with Gasteiger partial charge in [0.15, 0.2) is 0 Å². The Morgan fingerprint density at radius 2 is 0.846 bits per heavy atom. The van der Waals surface area contributed by atoms with Crippen molar-refractivity contribution < 1.29 is 30.6 Å². The van der Waals surface area contributed by atoms with Gasteiger partial charge >= 0.3 is 0 Å². The second-order valence-electron chi connectivity index (χ2n) is 11.2. The van der Waals surface area contributed by atoms with Crippen LogP contribution in [0.5, 0.6) is 0 Å². The molecule has 1 aliphatic rings. The van der Waals surface area contributed by atoms with E-state index in [1.54, 1.807) is 0 Å². The van der Waals surface area contributed by atoms with Crippen LogP contribution in [0.3, 0.4) is 0 Å². The predicted octanol–water partition coefficient (Wildman–Crippen LogP) is 1.00. The Bertz CT molecular complexity index is 493. The lowest BCUT2D eigenvalue weighted by Crippen LogP contribution is -2.88. The summed E-state index contributed by atoms with van der Waals surface area (Å²) in [4.78, 5) is 0. The summed E-state index contributed by atoms with van der Waals surface area (Å²) in [5.41, 5.74) is 0. The van der Waals surface area contributed by atoms with Crippen LogP contribution in [-0.2, 0) is 0 Å². The first-order valence-electron chi connectivity index (χ1n) is 9.30. The van der Waals surface area contributed by atoms with Crippen molar-refractivity contribution in [3.05, 3.63) is 0 Å². The van der Waals surface area contributed by atoms with Crippen molar-refractivity contribution in [3.8, 4) is 0 Å². The molecule has 0 heterocycles. The second-order valence-corrected chi connectivity index (χ2v) is 22.3. The van der Waals surface area contributed by atoms with E-state index in [0.717, 1.165) is 0 Å². The van der Waals surface area contributed by atoms with Crippen LogP contribution in [0.4, 0.5) is 0 Å². The van der Waals surface area contributed by atoms with Crippen LogP contribution in [0.15, 0.2) is 0 Å². The first kappa shape index (κ1) is 24.2. The molecule has 0 aromatic heterocycles. The zero-order valence-electron chi connectivity index (χ0n) is 18.0. The van der Waals surface area contributed by atoms with Crippen molar-refractivity contribution in [2.24, 2.45) is 0 Å². The maximum Gasteiger partial charge on any atom is 0.111 e. The molecule has 0 spiro atoms. The molecule has 1 rings (SSSR count). The number of hydrogen-bond acceptors (Lipinski definition) is 6. The van der Waals surface area contributed by atoms with E-state index in [-0.39, 0.29) is 0 Å². The first-order valence-corrected chi connectivity index (χ1v) is 15.3. The molecule has 6 atom stereocenters. The summed E-state index contributed by atoms with van der Waals surface area (Å²) in [6.07, 6.45) is -7.03. The van der Waals surface area contributed by atoms with Gasteiger partial charge in [-0.05, 0) is 10.1 Å². The average molecular weight is 409 g/mol. The highest BCUT2D eigenvalue weighted by Gasteiger charge is 2.75. The van der Waals surface area contributed by atoms with Gasteiger partial charge in [0.2, 0.25) is 0 Å². The van der Waals surface area contributed by atoms with Gasteiger partial charge in [-0.15, -0.1) is 0 Å². The Labute approximate surface area is 159 Å². The van der Waals surface area contributed by atoms with Crippen LogP contribution in [-0.4, -0.2) is 81.7 Å². The van der Waals surface area contributed by atoms with Crippen molar-refractivity contribution in [3.63, 3.8) is 0 Å². The Kier molecular flexibility index (Phi) is 5.92. The molecule has 6 nitrogen and oxygen atoms in total. The fourth-order valence-electron chi connectivity index (χ4n) is 3.98. The summed E-state index contributed by atoms with van der Waals surface area (Å²) >= 11 is 0. The standard InChI is InChI=1S/C18H40O6Si2/c1-15(2,3)25(7,8)17(23)12(20)11(19)13(21)18(24,14(17)22)26(9,10)16(4,5)6/h11-14,19-24H,1-10H3/t11?,12-,13+,14?,17-,18-/m0/s1. The SMILES string of the molecule is CC(C)(C)[Si](C)(C)[C@]1(O)C(O)[C@@](O)([Si](C)(C)C(C)(C)C)[C@@H](O)C(O)[C@H]1O. The molecule has 0 aromatic carbocycles. The average Bonchev–Trinajstić information content (AvgIpc) is 2.46. The van der Waals surface area contributed by atoms with Gasteiger partial charge in [-0.2, -0.15) is 0 Å². The van der Waals surface area contributed by atoms with Crippen molar-refractivity contribution in [1.29, 1.82) is 0 Å². The topological polar surface area (TPSA) is 121 Å². The molecule has 0 radical (unpaired) electrons. The molecular formula is C18H40O6Si2. The molecule has 8 heteroatoms. The molecule has 1 fully saturated rings. The predicted molar refractivity (Wildman–Crippen MR) is 108 cm³/mol. The molecule has 0 saturated heterocycles. The highest BCUT2D eigenvalue weighted by Crippen LogP contribution is 2.55. The summed E-state index contributed by atoms with van der Waals surface area (Å²) in [7, 11) is -5.81. The van der Waals surface area contributed by atoms with Gasteiger partial charge in [-0.3, -0.25) is 0 Å². The summed E-state index contributed by atoms with van der Waals surface area (Å²) in [6.45, 7) is 18.8. The Morgan fingerprint density at radius 1 is 0.615 bits per heavy atom. The Morgan fingerprint density at radius 3 is 1.04 bits per heavy atom. The van der Waals surface area contributed by atoms with Gasteiger partial charge in [-0.1, -0.05) is 67.7 Å². The molecule has 1 saturated carbocycles. The van der Waals surface area contributed by atoms with E-state index in [1.165, 1.54) is 0 Å². The number of rotatable bonds is 2. The number of hydrogen-bond donors (Lipinski definition) is 6. The second kappa shape index (κ2) is 6.35. The summed E-state index contributed by atoms with van der Waals surface area (Å²) in [5, 5.41) is 61.7. The zero-order chi connectivity index (χ0) is 21.3. The maximum atomic E-state index is 11.7. The Hall–Kier alpha value is 0.194. The van der Waals surface area contributed by atoms with Gasteiger partial charge in [0.25, 0.3) is 0 Å². The number of aliphatic hydroxyl groups is 6. The lowest BCUT2D eigenvalue weighted by atomic mass is 9.83. The Balaban J connectivity index is 3.80. The highest BCUT2D eigenvalue weighted by molar-refractivity contribution is 6.85. The molecule has 2 unspecified atom stereocenters. The van der Waals surface area contributed by atoms with E-state index < -0.39 is 61.1 Å². The van der Waals surface area contributed by atoms with Gasteiger partial charge in [0.05, 0.1) is 16.1 Å². The summed E-state index contributed by atoms with van der Waals surface area (Å²) < 4.78 is 0. The van der Waals surface area contributed by atoms with Crippen molar-refractivity contribution in [2.75, 3.05) is 0 Å². The maximum absolute atomic E-state index is 11.7. The van der Waals surface area contributed by atoms with Gasteiger partial charge in [0, 0.05) is 0 Å². The fourth-order valence-corrected chi connectivity index (χ4v) is 10.2. The smallest absolute Gasteiger partial charge is 0.111 e. The molecule has 0 bridgehead atoms. The van der Waals surface area contributed by atoms with Gasteiger partial charge in [0.1, 0.15) is 34.9 Å². The van der Waals surface area contributed by atoms with Crippen LogP contribution in [0.1, 0.15) is 41.5 Å². The van der Waals surface area contributed by atoms with E-state index in [0.29, 0.717) is 0 Å². The minimum Gasteiger partial charge on any atom is -0.388 e. The van der Waals surface area contributed by atoms with Crippen molar-refractivity contribution >= 4 is 16.1 Å². The van der Waals surface area contributed by atoms with E-state index in [4.69, 9.17) is 0 Å². The van der Waals surface area contributed by atoms with Gasteiger partial charge < -0.3 is 30.6 Å². The third-order valence-electron chi connectivity index (χ3n) is 8.13. The van der Waals surface area contributed by atoms with E-state index in [9.17, 15) is 30.6 Å². The third kappa shape index (κ3) is 2.80. The highest BCUT2D eigenvalue weighted by atomic mass is 28.3. The van der Waals surface area contributed by atoms with Gasteiger partial charge in [-0.25, -0.2) is 0 Å². The van der Waals surface area contributed by atoms with Crippen LogP contribution in [0, 0.1) is 0 Å². The van der Waals surface area contributed by atoms with Crippen LogP contribution in [0.2, 0.25) is 36.3 Å². The molecule has 156 valence electrons. The van der Waals surface area contributed by atoms with E-state index >= 15 is 0 Å². The van der Waals surface area contributed by atoms with Crippen LogP contribution in [0.25, 0.3) is 0 Å². The van der Waals surface area contributed by atoms with E-state index in [2.05, 4.69) is 0 Å². The third-order valence-corrected chi connectivity index (χ3v) is 20.8. The molecule has 26 heavy (non-hydrogen) atoms. The van der Waals surface area contributed by atoms with Crippen molar-refractivity contribution in [2.45, 2.75) is 113 Å². The lowest BCUT2D eigenvalue weighted by molar-refractivity contribution is -0.262. The van der Waals surface area contributed by atoms with E-state index in [1.807, 2.05) is 67.7 Å². The minimum atomic E-state index is -2.91. The molecule has 0 aromatic rings. The summed E-state index contributed by atoms with van der Waals surface area (Å²) in [6, 6.07) is 0. The van der Waals surface area contributed by atoms with Crippen molar-refractivity contribution in [1.82, 2.24) is 0 Å². The normalized spacial score (nSPS) is 40.6. The summed E-state index contributed by atoms with van der Waals surface area (Å²) in [5.74, 6) is 0. The lowest BCUT2D eigenvalue weighted by Gasteiger charge is -2.65. The molecule has 0 aliphatic heterocycles. The largest absolute Gasteiger partial charge is 0.388 e. The zero-order valence-corrected chi connectivity index (χ0v) is 20.0.